The largest absolute Gasteiger partial charge is 0.365 e. The standard InChI is InChI=1S/C12H10ClN5O/c13-12-17-10-8(2-4-15-10)11(18-12)16-6-7-1-3-14-9(19)5-7/h1-5H,6H2,(H,14,19)(H2,15,16,17,18). The van der Waals surface area contributed by atoms with E-state index in [-0.39, 0.29) is 10.8 Å². The Balaban J connectivity index is 1.89. The topological polar surface area (TPSA) is 86.5 Å². The lowest BCUT2D eigenvalue weighted by Crippen LogP contribution is -2.08. The van der Waals surface area contributed by atoms with Crippen molar-refractivity contribution in [1.82, 2.24) is 19.9 Å². The van der Waals surface area contributed by atoms with E-state index in [0.29, 0.717) is 18.0 Å². The third-order valence-electron chi connectivity index (χ3n) is 2.69. The minimum Gasteiger partial charge on any atom is -0.365 e. The molecule has 19 heavy (non-hydrogen) atoms. The Kier molecular flexibility index (Phi) is 2.92. The number of aromatic amines is 2. The zero-order chi connectivity index (χ0) is 13.2. The molecular weight excluding hydrogens is 266 g/mol. The molecule has 0 radical (unpaired) electrons. The predicted octanol–water partition coefficient (Wildman–Crippen LogP) is 1.91. The van der Waals surface area contributed by atoms with Gasteiger partial charge in [0, 0.05) is 25.0 Å². The van der Waals surface area contributed by atoms with Crippen molar-refractivity contribution in [2.24, 2.45) is 0 Å². The molecule has 0 aliphatic carbocycles. The maximum absolute atomic E-state index is 11.2. The van der Waals surface area contributed by atoms with Crippen molar-refractivity contribution in [3.8, 4) is 0 Å². The van der Waals surface area contributed by atoms with Gasteiger partial charge in [0.05, 0.1) is 5.39 Å². The monoisotopic (exact) mass is 275 g/mol. The van der Waals surface area contributed by atoms with E-state index in [0.717, 1.165) is 10.9 Å². The molecule has 3 heterocycles. The summed E-state index contributed by atoms with van der Waals surface area (Å²) in [4.78, 5) is 25.0. The van der Waals surface area contributed by atoms with Crippen molar-refractivity contribution >= 4 is 28.5 Å². The quantitative estimate of drug-likeness (QED) is 0.637. The van der Waals surface area contributed by atoms with Crippen LogP contribution in [0.4, 0.5) is 5.82 Å². The van der Waals surface area contributed by atoms with Gasteiger partial charge < -0.3 is 15.3 Å². The Morgan fingerprint density at radius 1 is 1.21 bits per heavy atom. The molecule has 3 aromatic heterocycles. The van der Waals surface area contributed by atoms with Crippen LogP contribution in [-0.4, -0.2) is 19.9 Å². The van der Waals surface area contributed by atoms with Gasteiger partial charge in [-0.25, -0.2) is 4.98 Å². The second-order valence-electron chi connectivity index (χ2n) is 4.00. The molecule has 3 aromatic rings. The number of hydrogen-bond acceptors (Lipinski definition) is 4. The van der Waals surface area contributed by atoms with E-state index in [9.17, 15) is 4.79 Å². The summed E-state index contributed by atoms with van der Waals surface area (Å²) in [5.74, 6) is 0.636. The second-order valence-corrected chi connectivity index (χ2v) is 4.33. The lowest BCUT2D eigenvalue weighted by Gasteiger charge is -2.06. The fraction of sp³-hybridized carbons (Fsp3) is 0.0833. The van der Waals surface area contributed by atoms with Gasteiger partial charge in [-0.3, -0.25) is 4.79 Å². The SMILES string of the molecule is O=c1cc(CNc2nc(Cl)nc3[nH]ccc23)cc[nH]1. The predicted molar refractivity (Wildman–Crippen MR) is 73.3 cm³/mol. The molecule has 0 amide bonds. The van der Waals surface area contributed by atoms with E-state index < -0.39 is 0 Å². The van der Waals surface area contributed by atoms with Crippen LogP contribution in [0.15, 0.2) is 35.4 Å². The molecule has 0 spiro atoms. The molecule has 0 aliphatic rings. The number of pyridine rings is 1. The first kappa shape index (κ1) is 11.7. The Morgan fingerprint density at radius 3 is 2.89 bits per heavy atom. The van der Waals surface area contributed by atoms with Crippen molar-refractivity contribution in [2.45, 2.75) is 6.54 Å². The number of aromatic nitrogens is 4. The lowest BCUT2D eigenvalue weighted by atomic mass is 10.2. The van der Waals surface area contributed by atoms with Gasteiger partial charge in [0.2, 0.25) is 10.8 Å². The number of H-pyrrole nitrogens is 2. The summed E-state index contributed by atoms with van der Waals surface area (Å²) in [6.07, 6.45) is 3.38. The fourth-order valence-electron chi connectivity index (χ4n) is 1.83. The van der Waals surface area contributed by atoms with Crippen molar-refractivity contribution in [3.05, 3.63) is 51.8 Å². The number of halogens is 1. The average molecular weight is 276 g/mol. The zero-order valence-corrected chi connectivity index (χ0v) is 10.5. The van der Waals surface area contributed by atoms with Crippen LogP contribution in [0, 0.1) is 0 Å². The highest BCUT2D eigenvalue weighted by atomic mass is 35.5. The van der Waals surface area contributed by atoms with Gasteiger partial charge in [-0.2, -0.15) is 4.98 Å². The molecule has 0 atom stereocenters. The van der Waals surface area contributed by atoms with Crippen molar-refractivity contribution in [2.75, 3.05) is 5.32 Å². The first-order chi connectivity index (χ1) is 9.22. The summed E-state index contributed by atoms with van der Waals surface area (Å²) in [5, 5.41) is 4.18. The molecule has 0 unspecified atom stereocenters. The fourth-order valence-corrected chi connectivity index (χ4v) is 2.00. The van der Waals surface area contributed by atoms with E-state index in [4.69, 9.17) is 11.6 Å². The Morgan fingerprint density at radius 2 is 2.05 bits per heavy atom. The summed E-state index contributed by atoms with van der Waals surface area (Å²) in [6.45, 7) is 0.484. The van der Waals surface area contributed by atoms with Crippen LogP contribution in [-0.2, 0) is 6.54 Å². The molecule has 7 heteroatoms. The molecule has 96 valence electrons. The van der Waals surface area contributed by atoms with Gasteiger partial charge in [-0.1, -0.05) is 0 Å². The second kappa shape index (κ2) is 4.74. The molecule has 0 aliphatic heterocycles. The van der Waals surface area contributed by atoms with Gasteiger partial charge in [0.1, 0.15) is 11.5 Å². The molecule has 0 aromatic carbocycles. The van der Waals surface area contributed by atoms with Gasteiger partial charge in [-0.15, -0.1) is 0 Å². The van der Waals surface area contributed by atoms with E-state index in [2.05, 4.69) is 25.3 Å². The molecule has 0 bridgehead atoms. The molecule has 6 nitrogen and oxygen atoms in total. The van der Waals surface area contributed by atoms with Gasteiger partial charge in [0.15, 0.2) is 0 Å². The third kappa shape index (κ3) is 2.43. The molecule has 3 rings (SSSR count). The Labute approximate surface area is 112 Å². The smallest absolute Gasteiger partial charge is 0.248 e. The Hall–Kier alpha value is -2.34. The highest BCUT2D eigenvalue weighted by molar-refractivity contribution is 6.28. The first-order valence-corrected chi connectivity index (χ1v) is 6.02. The summed E-state index contributed by atoms with van der Waals surface area (Å²) in [7, 11) is 0. The average Bonchev–Trinajstić information content (AvgIpc) is 2.84. The van der Waals surface area contributed by atoms with Crippen LogP contribution in [0.5, 0.6) is 0 Å². The van der Waals surface area contributed by atoms with Crippen molar-refractivity contribution < 1.29 is 0 Å². The number of anilines is 1. The van der Waals surface area contributed by atoms with Crippen molar-refractivity contribution in [1.29, 1.82) is 0 Å². The minimum atomic E-state index is -0.133. The summed E-state index contributed by atoms with van der Waals surface area (Å²) in [6, 6.07) is 5.22. The van der Waals surface area contributed by atoms with Crippen LogP contribution in [0.1, 0.15) is 5.56 Å². The van der Waals surface area contributed by atoms with Gasteiger partial charge >= 0.3 is 0 Å². The minimum absolute atomic E-state index is 0.133. The number of nitrogens with one attached hydrogen (secondary N) is 3. The van der Waals surface area contributed by atoms with E-state index in [1.165, 1.54) is 6.07 Å². The zero-order valence-electron chi connectivity index (χ0n) is 9.77. The van der Waals surface area contributed by atoms with E-state index >= 15 is 0 Å². The Bertz CT molecular complexity index is 779. The molecular formula is C12H10ClN5O. The maximum atomic E-state index is 11.2. The molecule has 0 saturated carbocycles. The number of rotatable bonds is 3. The molecule has 0 saturated heterocycles. The number of fused-ring (bicyclic) bond motifs is 1. The highest BCUT2D eigenvalue weighted by Gasteiger charge is 2.07. The van der Waals surface area contributed by atoms with Crippen LogP contribution in [0.2, 0.25) is 5.28 Å². The molecule has 3 N–H and O–H groups in total. The van der Waals surface area contributed by atoms with Crippen molar-refractivity contribution in [3.63, 3.8) is 0 Å². The molecule has 0 fully saturated rings. The lowest BCUT2D eigenvalue weighted by molar-refractivity contribution is 1.08. The van der Waals surface area contributed by atoms with Gasteiger partial charge in [0.25, 0.3) is 0 Å². The van der Waals surface area contributed by atoms with Gasteiger partial charge in [-0.05, 0) is 29.3 Å². The normalized spacial score (nSPS) is 10.8. The summed E-state index contributed by atoms with van der Waals surface area (Å²) in [5.41, 5.74) is 1.40. The van der Waals surface area contributed by atoms with E-state index in [1.807, 2.05) is 12.1 Å². The highest BCUT2D eigenvalue weighted by Crippen LogP contribution is 2.21. The summed E-state index contributed by atoms with van der Waals surface area (Å²) >= 11 is 5.85. The number of hydrogen-bond donors (Lipinski definition) is 3. The van der Waals surface area contributed by atoms with E-state index in [1.54, 1.807) is 12.4 Å². The van der Waals surface area contributed by atoms with Crippen LogP contribution in [0.3, 0.4) is 0 Å². The maximum Gasteiger partial charge on any atom is 0.248 e. The van der Waals surface area contributed by atoms with Crippen LogP contribution < -0.4 is 10.9 Å². The van der Waals surface area contributed by atoms with Crippen LogP contribution in [0.25, 0.3) is 11.0 Å². The third-order valence-corrected chi connectivity index (χ3v) is 2.86. The van der Waals surface area contributed by atoms with Crippen LogP contribution >= 0.6 is 11.6 Å². The summed E-state index contributed by atoms with van der Waals surface area (Å²) < 4.78 is 0. The number of nitrogens with zero attached hydrogens (tertiary/aromatic N) is 2. The first-order valence-electron chi connectivity index (χ1n) is 5.64.